The highest BCUT2D eigenvalue weighted by molar-refractivity contribution is 6.39. The third-order valence-corrected chi connectivity index (χ3v) is 24.3. The zero-order valence-electron chi connectivity index (χ0n) is 67.6. The number of ether oxygens (including phenoxy) is 9. The molecule has 624 valence electrons. The van der Waals surface area contributed by atoms with Crippen molar-refractivity contribution in [1.82, 2.24) is 39.3 Å². The lowest BCUT2D eigenvalue weighted by Gasteiger charge is -2.47. The normalized spacial score (nSPS) is 31.0. The number of aromatic nitrogens is 6. The molecule has 6 aliphatic rings. The Hall–Kier alpha value is -8.33. The van der Waals surface area contributed by atoms with Gasteiger partial charge < -0.3 is 78.0 Å². The Morgan fingerprint density at radius 2 is 1.50 bits per heavy atom. The molecule has 5 fully saturated rings. The van der Waals surface area contributed by atoms with Gasteiger partial charge in [-0.25, -0.2) is 42.1 Å². The number of rotatable bonds is 24. The molecule has 4 N–H and O–H groups in total. The predicted octanol–water partition coefficient (Wildman–Crippen LogP) is 9.18. The van der Waals surface area contributed by atoms with Gasteiger partial charge in [0.1, 0.15) is 72.1 Å². The molecular formula is C84H116F2N10O18. The lowest BCUT2D eigenvalue weighted by Crippen LogP contribution is -2.64. The zero-order chi connectivity index (χ0) is 81.7. The van der Waals surface area contributed by atoms with Crippen molar-refractivity contribution in [2.75, 3.05) is 90.2 Å². The van der Waals surface area contributed by atoms with Gasteiger partial charge in [-0.15, -0.1) is 0 Å². The molecule has 19 atom stereocenters. The summed E-state index contributed by atoms with van der Waals surface area (Å²) in [5.74, 6) is -9.97. The maximum atomic E-state index is 15.2. The average molecular weight is 1590 g/mol. The summed E-state index contributed by atoms with van der Waals surface area (Å²) in [5.41, 5.74) is 2.75. The molecule has 1 aliphatic carbocycles. The highest BCUT2D eigenvalue weighted by atomic mass is 19.1. The Kier molecular flexibility index (Phi) is 29.7. The van der Waals surface area contributed by atoms with Gasteiger partial charge >= 0.3 is 17.8 Å². The number of methoxy groups -OCH3 is 3. The van der Waals surface area contributed by atoms with Crippen LogP contribution in [0.3, 0.4) is 0 Å². The van der Waals surface area contributed by atoms with Crippen molar-refractivity contribution in [2.24, 2.45) is 35.5 Å². The number of carbonyl (C=O) groups excluding carboxylic acids is 5. The van der Waals surface area contributed by atoms with Crippen LogP contribution in [0.2, 0.25) is 0 Å². The second kappa shape index (κ2) is 39.1. The molecule has 114 heavy (non-hydrogen) atoms. The highest BCUT2D eigenvalue weighted by Crippen LogP contribution is 2.44. The molecule has 5 aliphatic heterocycles. The van der Waals surface area contributed by atoms with Gasteiger partial charge in [-0.1, -0.05) is 52.8 Å². The number of hydrogen-bond donors (Lipinski definition) is 4. The van der Waals surface area contributed by atoms with Gasteiger partial charge in [-0.2, -0.15) is 10.2 Å². The van der Waals surface area contributed by atoms with Crippen molar-refractivity contribution in [1.29, 1.82) is 0 Å². The minimum atomic E-state index is -2.64. The fourth-order valence-electron chi connectivity index (χ4n) is 17.5. The summed E-state index contributed by atoms with van der Waals surface area (Å²) < 4.78 is 88.8. The Morgan fingerprint density at radius 1 is 0.816 bits per heavy atom. The van der Waals surface area contributed by atoms with Crippen molar-refractivity contribution in [3.63, 3.8) is 0 Å². The number of hydrogen-bond acceptors (Lipinski definition) is 23. The monoisotopic (exact) mass is 1590 g/mol. The van der Waals surface area contributed by atoms with E-state index in [1.807, 2.05) is 82.3 Å². The number of cyclic esters (lactones) is 1. The van der Waals surface area contributed by atoms with E-state index < -0.39 is 131 Å². The van der Waals surface area contributed by atoms with E-state index in [0.29, 0.717) is 93.6 Å². The number of carbonyl (C=O) groups is 5. The molecule has 2 aromatic heterocycles. The van der Waals surface area contributed by atoms with Crippen LogP contribution in [-0.4, -0.2) is 226 Å². The summed E-state index contributed by atoms with van der Waals surface area (Å²) in [7, 11) is 4.46. The zero-order valence-corrected chi connectivity index (χ0v) is 67.6. The molecule has 1 saturated carbocycles. The lowest BCUT2D eigenvalue weighted by molar-refractivity contribution is -0.302. The fourth-order valence-corrected chi connectivity index (χ4v) is 17.5. The van der Waals surface area contributed by atoms with Crippen molar-refractivity contribution in [3.05, 3.63) is 137 Å². The fraction of sp³-hybridized carbons (Fsp3) is 0.631. The SMILES string of the molecule is CC[C@@H]1/C=C(\C)[C@@H](O)[C@H](C)C[C@H](OC)[C@H]2O[C@@](O)(C(=O)C(=O)N3CCCC[C@H]3C(=O)O[C@H](/C(C)=C/[C@@H]3CC[C@@H](OC(=O)NCCCO[C@@H](C)[C@H](CC)n4ncn(-c5ccc(N6CCN(c7ccc(OC[C@@H]8CO[C@@](Cn9cncn9)(c9ccc(F)cc9F)C8)cc7)CC6)cc5)c4=O)[C@H](OC)C3)[C@H](C)[C@@H](O)CC1=O)[C@H](C)C[C@@H]2OC. The van der Waals surface area contributed by atoms with Gasteiger partial charge in [0.15, 0.2) is 0 Å². The first-order valence-electron chi connectivity index (χ1n) is 40.5. The van der Waals surface area contributed by atoms with Crippen LogP contribution in [0.15, 0.2) is 114 Å². The number of esters is 1. The number of amides is 2. The summed E-state index contributed by atoms with van der Waals surface area (Å²) in [6.07, 6.45) is 4.16. The minimum Gasteiger partial charge on any atom is -0.493 e. The maximum Gasteiger partial charge on any atom is 0.407 e. The van der Waals surface area contributed by atoms with Gasteiger partial charge in [0, 0.05) is 120 Å². The Labute approximate surface area is 665 Å². The molecular weight excluding hydrogens is 1470 g/mol. The van der Waals surface area contributed by atoms with Crippen LogP contribution in [0.1, 0.15) is 150 Å². The van der Waals surface area contributed by atoms with E-state index in [1.165, 1.54) is 48.3 Å². The number of allylic oxidation sites excluding steroid dienone is 2. The third-order valence-electron chi connectivity index (χ3n) is 24.3. The number of aliphatic hydroxyl groups excluding tert-OH is 2. The summed E-state index contributed by atoms with van der Waals surface area (Å²) in [6.45, 7) is 18.8. The Morgan fingerprint density at radius 3 is 2.16 bits per heavy atom. The van der Waals surface area contributed by atoms with Crippen molar-refractivity contribution in [2.45, 2.75) is 224 Å². The van der Waals surface area contributed by atoms with Crippen LogP contribution in [0.25, 0.3) is 5.69 Å². The molecule has 28 nitrogen and oxygen atoms in total. The molecule has 7 heterocycles. The number of nitrogens with zero attached hydrogens (tertiary/aromatic N) is 9. The molecule has 11 rings (SSSR count). The number of nitrogens with one attached hydrogen (secondary N) is 1. The van der Waals surface area contributed by atoms with Crippen LogP contribution < -0.4 is 25.5 Å². The lowest BCUT2D eigenvalue weighted by atomic mass is 9.81. The van der Waals surface area contributed by atoms with Gasteiger partial charge in [-0.05, 0) is 175 Å². The van der Waals surface area contributed by atoms with E-state index in [0.717, 1.165) is 48.5 Å². The molecule has 2 amide bonds. The second-order valence-electron chi connectivity index (χ2n) is 32.0. The van der Waals surface area contributed by atoms with Crippen molar-refractivity contribution in [3.8, 4) is 11.4 Å². The number of alkyl carbamates (subject to hydrolysis) is 1. The first-order chi connectivity index (χ1) is 54.7. The molecule has 30 heteroatoms. The summed E-state index contributed by atoms with van der Waals surface area (Å²) in [6, 6.07) is 17.8. The number of halogens is 2. The topological polar surface area (TPSA) is 321 Å². The predicted molar refractivity (Wildman–Crippen MR) is 417 cm³/mol. The molecule has 3 aromatic carbocycles. The summed E-state index contributed by atoms with van der Waals surface area (Å²) in [5, 5.41) is 47.6. The Balaban J connectivity index is 0.641. The van der Waals surface area contributed by atoms with Crippen LogP contribution >= 0.6 is 0 Å². The van der Waals surface area contributed by atoms with Gasteiger partial charge in [0.25, 0.3) is 11.7 Å². The van der Waals surface area contributed by atoms with Crippen LogP contribution in [0.4, 0.5) is 25.0 Å². The highest BCUT2D eigenvalue weighted by Gasteiger charge is 2.57. The smallest absolute Gasteiger partial charge is 0.407 e. The quantitative estimate of drug-likeness (QED) is 0.0193. The number of benzene rings is 3. The van der Waals surface area contributed by atoms with E-state index in [-0.39, 0.29) is 86.8 Å². The van der Waals surface area contributed by atoms with E-state index in [1.54, 1.807) is 51.9 Å². The number of piperidine rings is 1. The summed E-state index contributed by atoms with van der Waals surface area (Å²) in [4.78, 5) is 95.3. The Bertz CT molecular complexity index is 4160. The van der Waals surface area contributed by atoms with Gasteiger partial charge in [0.05, 0.1) is 68.1 Å². The number of aliphatic hydroxyl groups is 3. The minimum absolute atomic E-state index is 0.00846. The van der Waals surface area contributed by atoms with E-state index in [9.17, 15) is 48.5 Å². The van der Waals surface area contributed by atoms with Gasteiger partial charge in [-0.3, -0.25) is 14.4 Å². The van der Waals surface area contributed by atoms with Crippen LogP contribution in [-0.2, 0) is 69.2 Å². The van der Waals surface area contributed by atoms with Gasteiger partial charge in [0.2, 0.25) is 5.79 Å². The van der Waals surface area contributed by atoms with E-state index in [4.69, 9.17) is 42.6 Å². The number of piperazine rings is 1. The van der Waals surface area contributed by atoms with E-state index in [2.05, 4.69) is 30.3 Å². The van der Waals surface area contributed by atoms with Crippen molar-refractivity contribution >= 4 is 40.9 Å². The maximum absolute atomic E-state index is 15.2. The average Bonchev–Trinajstić information content (AvgIpc) is 1.07. The van der Waals surface area contributed by atoms with Crippen LogP contribution in [0, 0.1) is 47.1 Å². The molecule has 0 spiro atoms. The first-order valence-corrected chi connectivity index (χ1v) is 40.5. The second-order valence-corrected chi connectivity index (χ2v) is 32.0. The number of anilines is 2. The molecule has 5 aromatic rings. The van der Waals surface area contributed by atoms with Crippen LogP contribution in [0.5, 0.6) is 5.75 Å². The largest absolute Gasteiger partial charge is 0.493 e. The first kappa shape index (κ1) is 86.5. The molecule has 4 saturated heterocycles. The van der Waals surface area contributed by atoms with Crippen molar-refractivity contribution < 1.29 is 90.7 Å². The molecule has 0 unspecified atom stereocenters. The summed E-state index contributed by atoms with van der Waals surface area (Å²) >= 11 is 0. The standard InChI is InChI=1S/C84H116F2N10O18/c1-12-59-38-51(3)75(99)52(4)39-73(107-10)77-74(108-11)40-54(6)84(105,114-77)78(100)79(101)94-31-15-14-17-68(94)80(102)113-76(55(7)69(97)43-70(59)98)53(5)37-57-18-29-71(72(41-57)106-9)112-81(103)88-30-16-36-109-56(8)67(13-2)96-82(104)95(50-90-96)63-22-20-61(21-23-63)91-32-34-92(35-33-91)62-24-26-64(27-25-62)110-45-58-44-83(111-46-58,47-93-49-87-48-89-93)65-28-19-60(85)42-66(65)86/h19-28,37-38,42,48-50,52,54-59,67-69,71-77,97,99,105H,12-18,29-36,39-41,43-47H2,1-11H3,(H,88,103)/b51-38+,53-37+/t52-,54-,55-,56+,57+,58-,59-,67+,68+,69+,71-,72-,73+,74+,75-,76-,77-,83+,84-/m1/s1. The number of fused-ring (bicyclic) bond motifs is 3. The third kappa shape index (κ3) is 20.2. The molecule has 2 bridgehead atoms. The molecule has 0 radical (unpaired) electrons. The van der Waals surface area contributed by atoms with E-state index >= 15 is 4.39 Å². The number of Topliss-reactive ketones (excluding diaryl/α,β-unsaturated/α-hetero) is 2. The number of ketones is 2.